The lowest BCUT2D eigenvalue weighted by Crippen LogP contribution is -2.36. The molecule has 168 valence electrons. The molecule has 0 spiro atoms. The zero-order valence-electron chi connectivity index (χ0n) is 19.1. The number of hydrogen-bond donors (Lipinski definition) is 2. The molecule has 2 aromatic carbocycles. The van der Waals surface area contributed by atoms with Crippen LogP contribution in [0.1, 0.15) is 42.9 Å². The number of guanidine groups is 1. The van der Waals surface area contributed by atoms with Crippen molar-refractivity contribution < 1.29 is 9.47 Å². The van der Waals surface area contributed by atoms with Gasteiger partial charge in [0.05, 0.1) is 13.7 Å². The van der Waals surface area contributed by atoms with E-state index in [4.69, 9.17) is 9.47 Å². The van der Waals surface area contributed by atoms with Crippen LogP contribution in [0.15, 0.2) is 47.5 Å². The van der Waals surface area contributed by atoms with E-state index in [1.807, 2.05) is 25.1 Å². The molecule has 6 heteroatoms. The van der Waals surface area contributed by atoms with E-state index >= 15 is 0 Å². The zero-order valence-corrected chi connectivity index (χ0v) is 19.1. The summed E-state index contributed by atoms with van der Waals surface area (Å²) >= 11 is 0. The number of likely N-dealkylation sites (tertiary alicyclic amines) is 1. The van der Waals surface area contributed by atoms with Crippen molar-refractivity contribution in [2.24, 2.45) is 4.99 Å². The quantitative estimate of drug-likeness (QED) is 0.472. The van der Waals surface area contributed by atoms with Crippen LogP contribution in [0, 0.1) is 0 Å². The molecule has 0 atom stereocenters. The minimum atomic E-state index is 0.615. The molecule has 0 bridgehead atoms. The number of aliphatic imine (C=N–C) groups is 1. The second-order valence-corrected chi connectivity index (χ2v) is 7.85. The molecule has 0 radical (unpaired) electrons. The Kier molecular flexibility index (Phi) is 9.03. The smallest absolute Gasteiger partial charge is 0.191 e. The molecular weight excluding hydrogens is 388 g/mol. The van der Waals surface area contributed by atoms with Crippen LogP contribution in [0.25, 0.3) is 0 Å². The fraction of sp³-hybridized carbons (Fsp3) is 0.480. The van der Waals surface area contributed by atoms with E-state index in [0.29, 0.717) is 13.2 Å². The van der Waals surface area contributed by atoms with E-state index in [2.05, 4.69) is 44.8 Å². The van der Waals surface area contributed by atoms with Gasteiger partial charge in [0.2, 0.25) is 0 Å². The minimum Gasteiger partial charge on any atom is -0.493 e. The van der Waals surface area contributed by atoms with Gasteiger partial charge in [0, 0.05) is 26.7 Å². The van der Waals surface area contributed by atoms with Gasteiger partial charge in [0.1, 0.15) is 0 Å². The maximum absolute atomic E-state index is 5.58. The monoisotopic (exact) mass is 424 g/mol. The topological polar surface area (TPSA) is 58.1 Å². The molecule has 0 amide bonds. The second-order valence-electron chi connectivity index (χ2n) is 7.85. The summed E-state index contributed by atoms with van der Waals surface area (Å²) in [5, 5.41) is 6.75. The van der Waals surface area contributed by atoms with Gasteiger partial charge in [-0.2, -0.15) is 0 Å². The highest BCUT2D eigenvalue weighted by molar-refractivity contribution is 5.79. The molecule has 0 aliphatic carbocycles. The Labute approximate surface area is 186 Å². The summed E-state index contributed by atoms with van der Waals surface area (Å²) in [6.45, 7) is 7.48. The van der Waals surface area contributed by atoms with Gasteiger partial charge in [-0.15, -0.1) is 0 Å². The summed E-state index contributed by atoms with van der Waals surface area (Å²) in [5.41, 5.74) is 3.73. The molecule has 0 saturated carbocycles. The Morgan fingerprint density at radius 1 is 0.903 bits per heavy atom. The fourth-order valence-electron chi connectivity index (χ4n) is 3.83. The van der Waals surface area contributed by atoms with Crippen LogP contribution < -0.4 is 20.1 Å². The third-order valence-corrected chi connectivity index (χ3v) is 5.55. The van der Waals surface area contributed by atoms with Crippen molar-refractivity contribution in [3.63, 3.8) is 0 Å². The molecule has 0 aromatic heterocycles. The maximum atomic E-state index is 5.58. The molecule has 1 aliphatic rings. The average molecular weight is 425 g/mol. The standard InChI is InChI=1S/C25H36N4O2/c1-4-31-23-13-12-22(16-24(23)30-3)18-28-25(26-2)27-17-20-8-10-21(11-9-20)19-29-14-6-5-7-15-29/h8-13,16H,4-7,14-15,17-19H2,1-3H3,(H2,26,27,28). The molecule has 2 N–H and O–H groups in total. The first-order valence-electron chi connectivity index (χ1n) is 11.3. The van der Waals surface area contributed by atoms with E-state index in [-0.39, 0.29) is 0 Å². The first kappa shape index (κ1) is 22.9. The van der Waals surface area contributed by atoms with Crippen molar-refractivity contribution in [1.82, 2.24) is 15.5 Å². The van der Waals surface area contributed by atoms with E-state index in [1.165, 1.54) is 43.5 Å². The van der Waals surface area contributed by atoms with Gasteiger partial charge in [-0.3, -0.25) is 9.89 Å². The van der Waals surface area contributed by atoms with Gasteiger partial charge in [-0.1, -0.05) is 36.8 Å². The Bertz CT molecular complexity index is 830. The summed E-state index contributed by atoms with van der Waals surface area (Å²) in [7, 11) is 3.45. The van der Waals surface area contributed by atoms with Gasteiger partial charge < -0.3 is 20.1 Å². The molecule has 6 nitrogen and oxygen atoms in total. The summed E-state index contributed by atoms with van der Waals surface area (Å²) in [6.07, 6.45) is 4.04. The lowest BCUT2D eigenvalue weighted by molar-refractivity contribution is 0.221. The van der Waals surface area contributed by atoms with Crippen LogP contribution in [0.4, 0.5) is 0 Å². The predicted molar refractivity (Wildman–Crippen MR) is 127 cm³/mol. The van der Waals surface area contributed by atoms with Crippen molar-refractivity contribution >= 4 is 5.96 Å². The van der Waals surface area contributed by atoms with Gasteiger partial charge in [-0.05, 0) is 61.7 Å². The molecule has 3 rings (SSSR count). The molecule has 1 saturated heterocycles. The number of rotatable bonds is 9. The van der Waals surface area contributed by atoms with Gasteiger partial charge in [0.25, 0.3) is 0 Å². The van der Waals surface area contributed by atoms with Crippen LogP contribution in [-0.2, 0) is 19.6 Å². The average Bonchev–Trinajstić information content (AvgIpc) is 2.81. The summed E-state index contributed by atoms with van der Waals surface area (Å²) in [4.78, 5) is 6.89. The first-order valence-corrected chi connectivity index (χ1v) is 11.3. The zero-order chi connectivity index (χ0) is 21.9. The molecule has 31 heavy (non-hydrogen) atoms. The number of ether oxygens (including phenoxy) is 2. The number of methoxy groups -OCH3 is 1. The Morgan fingerprint density at radius 2 is 1.55 bits per heavy atom. The number of piperidine rings is 1. The van der Waals surface area contributed by atoms with Crippen LogP contribution in [0.2, 0.25) is 0 Å². The van der Waals surface area contributed by atoms with Gasteiger partial charge in [0.15, 0.2) is 17.5 Å². The number of nitrogens with zero attached hydrogens (tertiary/aromatic N) is 2. The Morgan fingerprint density at radius 3 is 2.19 bits per heavy atom. The molecule has 1 heterocycles. The van der Waals surface area contributed by atoms with Crippen molar-refractivity contribution in [2.75, 3.05) is 33.9 Å². The summed E-state index contributed by atoms with van der Waals surface area (Å²) in [6, 6.07) is 14.9. The van der Waals surface area contributed by atoms with Crippen molar-refractivity contribution in [2.45, 2.75) is 45.8 Å². The third-order valence-electron chi connectivity index (χ3n) is 5.55. The lowest BCUT2D eigenvalue weighted by Gasteiger charge is -2.26. The normalized spacial score (nSPS) is 14.9. The van der Waals surface area contributed by atoms with Crippen LogP contribution in [0.3, 0.4) is 0 Å². The molecule has 0 unspecified atom stereocenters. The number of hydrogen-bond acceptors (Lipinski definition) is 4. The largest absolute Gasteiger partial charge is 0.493 e. The molecule has 1 aliphatic heterocycles. The molecule has 2 aromatic rings. The van der Waals surface area contributed by atoms with E-state index in [0.717, 1.165) is 36.1 Å². The Hall–Kier alpha value is -2.73. The van der Waals surface area contributed by atoms with Crippen LogP contribution >= 0.6 is 0 Å². The fourth-order valence-corrected chi connectivity index (χ4v) is 3.83. The van der Waals surface area contributed by atoms with Crippen LogP contribution in [-0.4, -0.2) is 44.7 Å². The van der Waals surface area contributed by atoms with Gasteiger partial charge in [-0.25, -0.2) is 0 Å². The SMILES string of the molecule is CCOc1ccc(CNC(=NC)NCc2ccc(CN3CCCCC3)cc2)cc1OC. The summed E-state index contributed by atoms with van der Waals surface area (Å²) in [5.74, 6) is 2.28. The molecular formula is C25H36N4O2. The number of benzene rings is 2. The maximum Gasteiger partial charge on any atom is 0.191 e. The highest BCUT2D eigenvalue weighted by Crippen LogP contribution is 2.27. The van der Waals surface area contributed by atoms with E-state index < -0.39 is 0 Å². The Balaban J connectivity index is 1.47. The van der Waals surface area contributed by atoms with Crippen molar-refractivity contribution in [3.05, 3.63) is 59.2 Å². The molecule has 1 fully saturated rings. The second kappa shape index (κ2) is 12.2. The first-order chi connectivity index (χ1) is 15.2. The predicted octanol–water partition coefficient (Wildman–Crippen LogP) is 3.95. The number of nitrogens with one attached hydrogen (secondary N) is 2. The van der Waals surface area contributed by atoms with Crippen molar-refractivity contribution in [1.29, 1.82) is 0 Å². The highest BCUT2D eigenvalue weighted by Gasteiger charge is 2.10. The highest BCUT2D eigenvalue weighted by atomic mass is 16.5. The van der Waals surface area contributed by atoms with Crippen molar-refractivity contribution in [3.8, 4) is 11.5 Å². The third kappa shape index (κ3) is 7.17. The lowest BCUT2D eigenvalue weighted by atomic mass is 10.1. The van der Waals surface area contributed by atoms with Gasteiger partial charge >= 0.3 is 0 Å². The minimum absolute atomic E-state index is 0.615. The van der Waals surface area contributed by atoms with Crippen LogP contribution in [0.5, 0.6) is 11.5 Å². The van der Waals surface area contributed by atoms with E-state index in [1.54, 1.807) is 14.2 Å². The summed E-state index contributed by atoms with van der Waals surface area (Å²) < 4.78 is 11.0. The van der Waals surface area contributed by atoms with E-state index in [9.17, 15) is 0 Å².